The van der Waals surface area contributed by atoms with E-state index >= 15 is 0 Å². The fraction of sp³-hybridized carbons (Fsp3) is 0.167. The lowest BCUT2D eigenvalue weighted by Gasteiger charge is -1.66. The van der Waals surface area contributed by atoms with Crippen LogP contribution in [0.25, 0.3) is 0 Å². The van der Waals surface area contributed by atoms with Crippen LogP contribution < -0.4 is 0 Å². The van der Waals surface area contributed by atoms with Crippen LogP contribution >= 0.6 is 23.2 Å². The molecule has 2 nitrogen and oxygen atoms in total. The van der Waals surface area contributed by atoms with Gasteiger partial charge in [0.2, 0.25) is 0 Å². The summed E-state index contributed by atoms with van der Waals surface area (Å²) in [5.74, 6) is -0.981. The minimum Gasteiger partial charge on any atom is -0.478 e. The zero-order valence-electron chi connectivity index (χ0n) is 5.47. The van der Waals surface area contributed by atoms with E-state index in [2.05, 4.69) is 6.58 Å². The molecule has 4 heteroatoms. The van der Waals surface area contributed by atoms with E-state index in [0.717, 1.165) is 6.08 Å². The van der Waals surface area contributed by atoms with Gasteiger partial charge < -0.3 is 5.11 Å². The summed E-state index contributed by atoms with van der Waals surface area (Å²) in [6, 6.07) is 0. The van der Waals surface area contributed by atoms with E-state index in [4.69, 9.17) is 28.3 Å². The van der Waals surface area contributed by atoms with E-state index in [1.54, 1.807) is 13.0 Å². The highest BCUT2D eigenvalue weighted by Crippen LogP contribution is 2.03. The molecule has 0 heterocycles. The van der Waals surface area contributed by atoms with Gasteiger partial charge in [-0.25, -0.2) is 4.79 Å². The normalized spacial score (nSPS) is 6.70. The first-order valence-corrected chi connectivity index (χ1v) is 3.12. The van der Waals surface area contributed by atoms with Gasteiger partial charge in [-0.3, -0.25) is 0 Å². The number of hydrogen-bond acceptors (Lipinski definition) is 1. The summed E-state index contributed by atoms with van der Waals surface area (Å²) < 4.78 is 0.324. The van der Waals surface area contributed by atoms with Gasteiger partial charge in [0.05, 0.1) is 0 Å². The molecule has 0 radical (unpaired) electrons. The molecule has 0 aromatic heterocycles. The summed E-state index contributed by atoms with van der Waals surface area (Å²) in [7, 11) is 0. The minimum absolute atomic E-state index is 0.324. The molecule has 0 saturated heterocycles. The van der Waals surface area contributed by atoms with Crippen molar-refractivity contribution in [1.29, 1.82) is 0 Å². The van der Waals surface area contributed by atoms with Crippen molar-refractivity contribution in [2.75, 3.05) is 0 Å². The van der Waals surface area contributed by atoms with Crippen molar-refractivity contribution in [3.05, 3.63) is 23.2 Å². The molecule has 58 valence electrons. The first-order valence-electron chi connectivity index (χ1n) is 2.37. The van der Waals surface area contributed by atoms with E-state index in [9.17, 15) is 4.79 Å². The van der Waals surface area contributed by atoms with Gasteiger partial charge in [-0.15, -0.1) is 0 Å². The van der Waals surface area contributed by atoms with Gasteiger partial charge in [-0.2, -0.15) is 0 Å². The van der Waals surface area contributed by atoms with Crippen molar-refractivity contribution < 1.29 is 9.90 Å². The zero-order valence-corrected chi connectivity index (χ0v) is 6.99. The second-order valence-corrected chi connectivity index (χ2v) is 2.13. The van der Waals surface area contributed by atoms with Crippen molar-refractivity contribution in [3.8, 4) is 0 Å². The van der Waals surface area contributed by atoms with Gasteiger partial charge >= 0.3 is 5.97 Å². The second-order valence-electron chi connectivity index (χ2n) is 1.12. The Kier molecular flexibility index (Phi) is 10.4. The Balaban J connectivity index is 0. The average molecular weight is 183 g/mol. The Morgan fingerprint density at radius 1 is 1.60 bits per heavy atom. The number of rotatable bonds is 1. The highest BCUT2D eigenvalue weighted by molar-refractivity contribution is 6.55. The average Bonchev–Trinajstić information content (AvgIpc) is 1.89. The Morgan fingerprint density at radius 3 is 1.80 bits per heavy atom. The van der Waals surface area contributed by atoms with Crippen LogP contribution in [-0.4, -0.2) is 11.1 Å². The Labute approximate surface area is 69.8 Å². The standard InChI is InChI=1S/C3H4Cl2.C3H4O2/c2*1-2-3(4)5/h2H,1H3;2H,1H2,(H,4,5). The van der Waals surface area contributed by atoms with Crippen LogP contribution in [-0.2, 0) is 4.79 Å². The molecule has 0 amide bonds. The molecular formula is C6H8Cl2O2. The van der Waals surface area contributed by atoms with Crippen molar-refractivity contribution in [3.63, 3.8) is 0 Å². The number of carboxylic acid groups (broad SMARTS) is 1. The second kappa shape index (κ2) is 8.53. The molecule has 10 heavy (non-hydrogen) atoms. The smallest absolute Gasteiger partial charge is 0.327 e. The van der Waals surface area contributed by atoms with Crippen LogP contribution in [0.5, 0.6) is 0 Å². The molecule has 0 aromatic carbocycles. The lowest BCUT2D eigenvalue weighted by atomic mass is 10.7. The van der Waals surface area contributed by atoms with Crippen molar-refractivity contribution in [1.82, 2.24) is 0 Å². The summed E-state index contributed by atoms with van der Waals surface area (Å²) >= 11 is 10.2. The third kappa shape index (κ3) is 25.8. The fourth-order valence-electron chi connectivity index (χ4n) is 0. The summed E-state index contributed by atoms with van der Waals surface area (Å²) in [4.78, 5) is 9.25. The van der Waals surface area contributed by atoms with Crippen molar-refractivity contribution >= 4 is 29.2 Å². The van der Waals surface area contributed by atoms with Gasteiger partial charge in [0.1, 0.15) is 4.49 Å². The third-order valence-corrected chi connectivity index (χ3v) is 0.829. The van der Waals surface area contributed by atoms with Gasteiger partial charge in [0.25, 0.3) is 0 Å². The van der Waals surface area contributed by atoms with Crippen molar-refractivity contribution in [2.24, 2.45) is 0 Å². The van der Waals surface area contributed by atoms with E-state index in [-0.39, 0.29) is 0 Å². The quantitative estimate of drug-likeness (QED) is 0.634. The minimum atomic E-state index is -0.981. The van der Waals surface area contributed by atoms with Crippen LogP contribution in [0.2, 0.25) is 0 Å². The number of carbonyl (C=O) groups is 1. The zero-order chi connectivity index (χ0) is 8.57. The summed E-state index contributed by atoms with van der Waals surface area (Å²) in [5, 5.41) is 7.60. The van der Waals surface area contributed by atoms with E-state index in [1.807, 2.05) is 0 Å². The predicted molar refractivity (Wildman–Crippen MR) is 43.3 cm³/mol. The van der Waals surface area contributed by atoms with Crippen LogP contribution in [0.3, 0.4) is 0 Å². The van der Waals surface area contributed by atoms with Gasteiger partial charge in [0, 0.05) is 6.08 Å². The molecule has 0 bridgehead atoms. The first-order chi connectivity index (χ1) is 4.54. The Morgan fingerprint density at radius 2 is 1.80 bits per heavy atom. The maximum atomic E-state index is 9.25. The van der Waals surface area contributed by atoms with Gasteiger partial charge in [-0.05, 0) is 6.92 Å². The van der Waals surface area contributed by atoms with Crippen LogP contribution in [0, 0.1) is 0 Å². The monoisotopic (exact) mass is 182 g/mol. The predicted octanol–water partition coefficient (Wildman–Crippen LogP) is 2.58. The molecule has 0 spiro atoms. The molecule has 0 rings (SSSR count). The molecule has 0 saturated carbocycles. The SMILES string of the molecule is C=CC(=O)O.CC=C(Cl)Cl. The molecule has 0 unspecified atom stereocenters. The molecule has 0 fully saturated rings. The number of aliphatic carboxylic acids is 1. The topological polar surface area (TPSA) is 37.3 Å². The first kappa shape index (κ1) is 12.2. The van der Waals surface area contributed by atoms with Gasteiger partial charge in [-0.1, -0.05) is 35.9 Å². The highest BCUT2D eigenvalue weighted by atomic mass is 35.5. The van der Waals surface area contributed by atoms with E-state index in [0.29, 0.717) is 4.49 Å². The third-order valence-electron chi connectivity index (χ3n) is 0.393. The number of halogens is 2. The lowest BCUT2D eigenvalue weighted by molar-refractivity contribution is -0.131. The molecule has 0 aliphatic carbocycles. The number of allylic oxidation sites excluding steroid dienone is 1. The van der Waals surface area contributed by atoms with E-state index in [1.165, 1.54) is 0 Å². The summed E-state index contributed by atoms with van der Waals surface area (Å²) in [6.45, 7) is 4.73. The molecule has 0 aliphatic rings. The maximum absolute atomic E-state index is 9.25. The van der Waals surface area contributed by atoms with Crippen LogP contribution in [0.4, 0.5) is 0 Å². The van der Waals surface area contributed by atoms with Crippen LogP contribution in [0.15, 0.2) is 23.2 Å². The molecule has 0 aromatic rings. The maximum Gasteiger partial charge on any atom is 0.327 e. The van der Waals surface area contributed by atoms with E-state index < -0.39 is 5.97 Å². The summed E-state index contributed by atoms with van der Waals surface area (Å²) in [5.41, 5.74) is 0. The Bertz CT molecular complexity index is 137. The summed E-state index contributed by atoms with van der Waals surface area (Å²) in [6.07, 6.45) is 2.45. The lowest BCUT2D eigenvalue weighted by Crippen LogP contribution is -1.82. The van der Waals surface area contributed by atoms with Crippen molar-refractivity contribution in [2.45, 2.75) is 6.92 Å². The largest absolute Gasteiger partial charge is 0.478 e. The van der Waals surface area contributed by atoms with Crippen LogP contribution in [0.1, 0.15) is 6.92 Å². The highest BCUT2D eigenvalue weighted by Gasteiger charge is 1.73. The van der Waals surface area contributed by atoms with Gasteiger partial charge in [0.15, 0.2) is 0 Å². The number of hydrogen-bond donors (Lipinski definition) is 1. The molecule has 0 atom stereocenters. The molecule has 0 aliphatic heterocycles. The molecular weight excluding hydrogens is 175 g/mol. The fourth-order valence-corrected chi connectivity index (χ4v) is 0. The number of carboxylic acids is 1. The molecule has 1 N–H and O–H groups in total. The Hall–Kier alpha value is -0.470.